The largest absolute Gasteiger partial charge is 0.395 e. The molecule has 1 aliphatic heterocycles. The number of rotatable bonds is 1. The van der Waals surface area contributed by atoms with Crippen molar-refractivity contribution in [2.75, 3.05) is 13.2 Å². The monoisotopic (exact) mass is 111 g/mol. The van der Waals surface area contributed by atoms with Crippen LogP contribution in [0.3, 0.4) is 0 Å². The van der Waals surface area contributed by atoms with Crippen LogP contribution in [0.5, 0.6) is 0 Å². The zero-order valence-corrected chi connectivity index (χ0v) is 4.88. The number of nitrogens with zero attached hydrogens (tertiary/aromatic N) is 1. The molecule has 1 aliphatic rings. The summed E-state index contributed by atoms with van der Waals surface area (Å²) in [5, 5.41) is 8.61. The standard InChI is InChI=1S/C5H10BNO/c6-7-3-1-2-5(7)4-8/h5,8H,1-4H2/t5-/m1/s1. The van der Waals surface area contributed by atoms with Gasteiger partial charge in [0.05, 0.1) is 6.61 Å². The molecule has 0 aromatic rings. The van der Waals surface area contributed by atoms with Gasteiger partial charge in [-0.3, -0.25) is 0 Å². The summed E-state index contributed by atoms with van der Waals surface area (Å²) < 4.78 is 0. The Kier molecular flexibility index (Phi) is 1.92. The number of aliphatic hydroxyl groups is 1. The van der Waals surface area contributed by atoms with Crippen LogP contribution in [0.1, 0.15) is 12.8 Å². The molecule has 44 valence electrons. The molecule has 2 radical (unpaired) electrons. The van der Waals surface area contributed by atoms with Crippen LogP contribution in [0.25, 0.3) is 0 Å². The predicted octanol–water partition coefficient (Wildman–Crippen LogP) is -0.473. The van der Waals surface area contributed by atoms with Crippen LogP contribution in [0.15, 0.2) is 0 Å². The maximum absolute atomic E-state index is 8.61. The van der Waals surface area contributed by atoms with Crippen molar-refractivity contribution in [2.24, 2.45) is 0 Å². The fraction of sp³-hybridized carbons (Fsp3) is 1.00. The van der Waals surface area contributed by atoms with Crippen LogP contribution >= 0.6 is 0 Å². The van der Waals surface area contributed by atoms with E-state index in [2.05, 4.69) is 0 Å². The van der Waals surface area contributed by atoms with E-state index in [0.29, 0.717) is 0 Å². The highest BCUT2D eigenvalue weighted by Crippen LogP contribution is 2.12. The van der Waals surface area contributed by atoms with Gasteiger partial charge in [0.25, 0.3) is 0 Å². The number of hydrogen-bond donors (Lipinski definition) is 1. The van der Waals surface area contributed by atoms with Crippen LogP contribution in [-0.2, 0) is 0 Å². The van der Waals surface area contributed by atoms with Gasteiger partial charge in [0.2, 0.25) is 0 Å². The lowest BCUT2D eigenvalue weighted by atomic mass is 10.2. The molecule has 0 aromatic heterocycles. The minimum Gasteiger partial charge on any atom is -0.395 e. The van der Waals surface area contributed by atoms with Crippen molar-refractivity contribution in [3.8, 4) is 0 Å². The Hall–Kier alpha value is -0.0151. The third-order valence-electron chi connectivity index (χ3n) is 1.63. The average Bonchev–Trinajstić information content (AvgIpc) is 2.14. The lowest BCUT2D eigenvalue weighted by molar-refractivity contribution is 0.217. The van der Waals surface area contributed by atoms with Gasteiger partial charge in [-0.15, -0.1) is 0 Å². The van der Waals surface area contributed by atoms with E-state index >= 15 is 0 Å². The zero-order chi connectivity index (χ0) is 5.98. The van der Waals surface area contributed by atoms with E-state index in [4.69, 9.17) is 13.1 Å². The van der Waals surface area contributed by atoms with Crippen LogP contribution in [0.2, 0.25) is 0 Å². The molecule has 0 aromatic carbocycles. The molecule has 3 heteroatoms. The molecule has 0 aliphatic carbocycles. The third-order valence-corrected chi connectivity index (χ3v) is 1.63. The smallest absolute Gasteiger partial charge is 0.182 e. The Morgan fingerprint density at radius 1 is 1.75 bits per heavy atom. The Morgan fingerprint density at radius 3 is 2.75 bits per heavy atom. The quantitative estimate of drug-likeness (QED) is 0.462. The molecule has 1 saturated heterocycles. The molecule has 0 amide bonds. The van der Waals surface area contributed by atoms with Gasteiger partial charge >= 0.3 is 0 Å². The summed E-state index contributed by atoms with van der Waals surface area (Å²) in [6, 6.07) is 0.231. The molecule has 1 heterocycles. The maximum Gasteiger partial charge on any atom is 0.182 e. The van der Waals surface area contributed by atoms with Crippen molar-refractivity contribution in [1.29, 1.82) is 0 Å². The highest BCUT2D eigenvalue weighted by Gasteiger charge is 2.18. The molecule has 1 fully saturated rings. The maximum atomic E-state index is 8.61. The van der Waals surface area contributed by atoms with E-state index in [1.807, 2.05) is 0 Å². The minimum atomic E-state index is 0.205. The summed E-state index contributed by atoms with van der Waals surface area (Å²) in [4.78, 5) is 1.71. The topological polar surface area (TPSA) is 23.5 Å². The van der Waals surface area contributed by atoms with Gasteiger partial charge in [0.1, 0.15) is 0 Å². The number of hydrogen-bond acceptors (Lipinski definition) is 2. The summed E-state index contributed by atoms with van der Waals surface area (Å²) in [5.74, 6) is 0. The first kappa shape index (κ1) is 6.11. The van der Waals surface area contributed by atoms with Crippen molar-refractivity contribution in [3.63, 3.8) is 0 Å². The van der Waals surface area contributed by atoms with Gasteiger partial charge in [0, 0.05) is 6.04 Å². The van der Waals surface area contributed by atoms with Crippen molar-refractivity contribution < 1.29 is 5.11 Å². The molecule has 8 heavy (non-hydrogen) atoms. The predicted molar refractivity (Wildman–Crippen MR) is 32.6 cm³/mol. The van der Waals surface area contributed by atoms with Gasteiger partial charge < -0.3 is 9.92 Å². The van der Waals surface area contributed by atoms with Crippen LogP contribution in [0.4, 0.5) is 0 Å². The first-order chi connectivity index (χ1) is 3.84. The zero-order valence-electron chi connectivity index (χ0n) is 4.88. The molecule has 2 nitrogen and oxygen atoms in total. The Bertz CT molecular complexity index is 78.8. The summed E-state index contributed by atoms with van der Waals surface area (Å²) in [5.41, 5.74) is 0. The van der Waals surface area contributed by atoms with Crippen molar-refractivity contribution in [3.05, 3.63) is 0 Å². The van der Waals surface area contributed by atoms with Gasteiger partial charge in [0.15, 0.2) is 7.98 Å². The second-order valence-electron chi connectivity index (χ2n) is 2.22. The van der Waals surface area contributed by atoms with Crippen molar-refractivity contribution in [1.82, 2.24) is 4.81 Å². The Morgan fingerprint density at radius 2 is 2.50 bits per heavy atom. The van der Waals surface area contributed by atoms with E-state index in [-0.39, 0.29) is 12.6 Å². The SMILES string of the molecule is [B]N1CCC[C@@H]1CO. The van der Waals surface area contributed by atoms with Crippen LogP contribution in [0, 0.1) is 0 Å². The van der Waals surface area contributed by atoms with Gasteiger partial charge in [-0.05, 0) is 19.4 Å². The minimum absolute atomic E-state index is 0.205. The van der Waals surface area contributed by atoms with Gasteiger partial charge in [-0.25, -0.2) is 0 Å². The second-order valence-corrected chi connectivity index (χ2v) is 2.22. The highest BCUT2D eigenvalue weighted by molar-refractivity contribution is 6.04. The molecular formula is C5H10BNO. The van der Waals surface area contributed by atoms with E-state index in [1.165, 1.54) is 0 Å². The molecule has 0 unspecified atom stereocenters. The molecule has 0 spiro atoms. The first-order valence-electron chi connectivity index (χ1n) is 2.97. The summed E-state index contributed by atoms with van der Waals surface area (Å²) in [6.45, 7) is 1.14. The lowest BCUT2D eigenvalue weighted by Crippen LogP contribution is -2.29. The van der Waals surface area contributed by atoms with Crippen molar-refractivity contribution in [2.45, 2.75) is 18.9 Å². The average molecular weight is 111 g/mol. The molecule has 0 saturated carbocycles. The normalized spacial score (nSPS) is 31.4. The van der Waals surface area contributed by atoms with Crippen LogP contribution in [-0.4, -0.2) is 37.1 Å². The Balaban J connectivity index is 2.30. The Labute approximate surface area is 50.9 Å². The van der Waals surface area contributed by atoms with E-state index < -0.39 is 0 Å². The highest BCUT2D eigenvalue weighted by atomic mass is 16.3. The molecule has 1 rings (SSSR count). The van der Waals surface area contributed by atoms with Gasteiger partial charge in [-0.2, -0.15) is 0 Å². The molecule has 1 atom stereocenters. The molecule has 0 bridgehead atoms. The van der Waals surface area contributed by atoms with Gasteiger partial charge in [-0.1, -0.05) is 0 Å². The second kappa shape index (κ2) is 2.51. The molecular weight excluding hydrogens is 101 g/mol. The summed E-state index contributed by atoms with van der Waals surface area (Å²) in [7, 11) is 5.46. The lowest BCUT2D eigenvalue weighted by Gasteiger charge is -2.15. The number of aliphatic hydroxyl groups excluding tert-OH is 1. The van der Waals surface area contributed by atoms with E-state index in [0.717, 1.165) is 19.4 Å². The van der Waals surface area contributed by atoms with E-state index in [1.54, 1.807) is 4.81 Å². The molecule has 1 N–H and O–H groups in total. The van der Waals surface area contributed by atoms with Crippen LogP contribution < -0.4 is 0 Å². The third kappa shape index (κ3) is 1.04. The summed E-state index contributed by atoms with van der Waals surface area (Å²) in [6.07, 6.45) is 2.18. The van der Waals surface area contributed by atoms with E-state index in [9.17, 15) is 0 Å². The fourth-order valence-electron chi connectivity index (χ4n) is 1.05. The fourth-order valence-corrected chi connectivity index (χ4v) is 1.05. The van der Waals surface area contributed by atoms with Crippen molar-refractivity contribution >= 4 is 7.98 Å². The first-order valence-corrected chi connectivity index (χ1v) is 2.97. The summed E-state index contributed by atoms with van der Waals surface area (Å²) >= 11 is 0.